The van der Waals surface area contributed by atoms with Crippen molar-refractivity contribution >= 4 is 22.2 Å². The lowest BCUT2D eigenvalue weighted by Gasteiger charge is -2.13. The van der Waals surface area contributed by atoms with Gasteiger partial charge in [-0.1, -0.05) is 0 Å². The van der Waals surface area contributed by atoms with Gasteiger partial charge in [-0.2, -0.15) is 4.98 Å². The van der Waals surface area contributed by atoms with Gasteiger partial charge in [-0.05, 0) is 26.0 Å². The van der Waals surface area contributed by atoms with Crippen molar-refractivity contribution in [1.82, 2.24) is 15.0 Å². The van der Waals surface area contributed by atoms with Crippen molar-refractivity contribution in [2.24, 2.45) is 0 Å². The van der Waals surface area contributed by atoms with Crippen LogP contribution in [0.5, 0.6) is 11.5 Å². The Balaban J connectivity index is 1.84. The normalized spacial score (nSPS) is 16.1. The van der Waals surface area contributed by atoms with E-state index in [0.717, 1.165) is 0 Å². The summed E-state index contributed by atoms with van der Waals surface area (Å²) in [6.07, 6.45) is 1.55. The lowest BCUT2D eigenvalue weighted by molar-refractivity contribution is 0.407. The van der Waals surface area contributed by atoms with E-state index in [4.69, 9.17) is 16.3 Å². The molecule has 1 aromatic carbocycles. The number of ether oxygens (including phenoxy) is 2. The van der Waals surface area contributed by atoms with Crippen molar-refractivity contribution in [2.75, 3.05) is 14.1 Å². The highest BCUT2D eigenvalue weighted by molar-refractivity contribution is 7.90. The van der Waals surface area contributed by atoms with Crippen LogP contribution in [0.2, 0.25) is 0 Å². The van der Waals surface area contributed by atoms with Crippen molar-refractivity contribution in [3.05, 3.63) is 41.2 Å². The maximum absolute atomic E-state index is 12.8. The van der Waals surface area contributed by atoms with Gasteiger partial charge in [0.2, 0.25) is 0 Å². The number of aromatic nitrogens is 3. The minimum Gasteiger partial charge on any atom is -0.609 e. The summed E-state index contributed by atoms with van der Waals surface area (Å²) < 4.78 is 59.0. The molecule has 0 aliphatic heterocycles. The Morgan fingerprint density at radius 3 is 3.00 bits per heavy atom. The van der Waals surface area contributed by atoms with Crippen LogP contribution >= 0.6 is 0 Å². The molecule has 0 spiro atoms. The molecular formula is C17H19N3O3S. The second kappa shape index (κ2) is 6.70. The molecule has 0 bridgehead atoms. The third-order valence-electron chi connectivity index (χ3n) is 3.70. The molecule has 1 unspecified atom stereocenters. The number of aromatic amines is 1. The number of nitrogens with zero attached hydrogens (tertiary/aromatic N) is 2. The number of rotatable bonds is 5. The number of H-pyrrole nitrogens is 1. The molecule has 0 amide bonds. The van der Waals surface area contributed by atoms with Gasteiger partial charge in [0.1, 0.15) is 11.5 Å². The molecular weight excluding hydrogens is 326 g/mol. The number of pyridine rings is 1. The molecule has 1 N–H and O–H groups in total. The van der Waals surface area contributed by atoms with Crippen molar-refractivity contribution in [1.29, 1.82) is 0 Å². The predicted molar refractivity (Wildman–Crippen MR) is 93.0 cm³/mol. The fourth-order valence-corrected chi connectivity index (χ4v) is 3.51. The minimum absolute atomic E-state index is 0.0571. The highest BCUT2D eigenvalue weighted by Crippen LogP contribution is 2.27. The van der Waals surface area contributed by atoms with E-state index in [9.17, 15) is 4.55 Å². The molecule has 6 nitrogen and oxygen atoms in total. The van der Waals surface area contributed by atoms with Gasteiger partial charge in [0, 0.05) is 34.6 Å². The number of hydrogen-bond acceptors (Lipinski definition) is 5. The number of imidazole rings is 1. The molecule has 0 aliphatic carbocycles. The third-order valence-corrected chi connectivity index (χ3v) is 4.86. The van der Waals surface area contributed by atoms with E-state index in [2.05, 4.69) is 15.0 Å². The zero-order chi connectivity index (χ0) is 21.3. The molecule has 0 saturated carbocycles. The minimum atomic E-state index is -2.57. The lowest BCUT2D eigenvalue weighted by atomic mass is 10.1. The van der Waals surface area contributed by atoms with Gasteiger partial charge in [0.15, 0.2) is 5.75 Å². The Bertz CT molecular complexity index is 1030. The van der Waals surface area contributed by atoms with Crippen LogP contribution in [-0.2, 0) is 16.9 Å². The number of hydrogen-bond donors (Lipinski definition) is 1. The SMILES string of the molecule is [2H]C([2H])Oc1c(C)cnc(C[S+]([O-])c2nc3cc(OC([2H])([2H])[2H])ccc3[nH]2)c1C. The molecule has 7 heteroatoms. The van der Waals surface area contributed by atoms with Crippen LogP contribution in [0.4, 0.5) is 0 Å². The Labute approximate surface area is 150 Å². The second-order valence-electron chi connectivity index (χ2n) is 5.27. The smallest absolute Gasteiger partial charge is 0.322 e. The van der Waals surface area contributed by atoms with Gasteiger partial charge in [0.05, 0.1) is 37.7 Å². The maximum atomic E-state index is 12.8. The highest BCUT2D eigenvalue weighted by Gasteiger charge is 2.21. The van der Waals surface area contributed by atoms with Crippen LogP contribution in [-0.4, -0.2) is 33.6 Å². The van der Waals surface area contributed by atoms with Crippen molar-refractivity contribution in [2.45, 2.75) is 24.8 Å². The molecule has 1 atom stereocenters. The topological polar surface area (TPSA) is 83.1 Å². The fourth-order valence-electron chi connectivity index (χ4n) is 2.41. The average molecular weight is 350 g/mol. The first-order valence-corrected chi connectivity index (χ1v) is 8.39. The van der Waals surface area contributed by atoms with Crippen LogP contribution in [0, 0.1) is 13.8 Å². The van der Waals surface area contributed by atoms with E-state index in [1.54, 1.807) is 26.1 Å². The molecule has 0 saturated heterocycles. The first-order chi connectivity index (χ1) is 13.5. The number of methoxy groups -OCH3 is 2. The number of fused-ring (bicyclic) bond motifs is 1. The number of nitrogens with one attached hydrogen (secondary N) is 1. The van der Waals surface area contributed by atoms with Gasteiger partial charge >= 0.3 is 5.16 Å². The first kappa shape index (κ1) is 11.3. The summed E-state index contributed by atoms with van der Waals surface area (Å²) in [6.45, 7) is 3.50. The molecule has 126 valence electrons. The van der Waals surface area contributed by atoms with Crippen LogP contribution in [0.3, 0.4) is 0 Å². The van der Waals surface area contributed by atoms with Gasteiger partial charge in [-0.3, -0.25) is 9.97 Å². The summed E-state index contributed by atoms with van der Waals surface area (Å²) in [7, 11) is -4.05. The van der Waals surface area contributed by atoms with Crippen molar-refractivity contribution in [3.8, 4) is 11.5 Å². The van der Waals surface area contributed by atoms with Gasteiger partial charge in [-0.15, -0.1) is 0 Å². The molecule has 0 aliphatic rings. The Morgan fingerprint density at radius 2 is 2.21 bits per heavy atom. The Kier molecular flexibility index (Phi) is 3.16. The monoisotopic (exact) mass is 350 g/mol. The van der Waals surface area contributed by atoms with E-state index < -0.39 is 25.3 Å². The Hall–Kier alpha value is -2.25. The standard InChI is InChI=1S/C17H19N3O3S/c1-10-8-18-15(11(2)16(10)23-4)9-24(21)17-19-13-6-5-12(22-3)7-14(13)20-17/h5-8H,9H2,1-4H3,(H,19,20)/i3D3,4D2. The van der Waals surface area contributed by atoms with E-state index in [0.29, 0.717) is 33.6 Å². The maximum Gasteiger partial charge on any atom is 0.322 e. The summed E-state index contributed by atoms with van der Waals surface area (Å²) in [4.78, 5) is 11.5. The second-order valence-corrected chi connectivity index (χ2v) is 6.64. The van der Waals surface area contributed by atoms with E-state index in [1.165, 1.54) is 12.1 Å². The lowest BCUT2D eigenvalue weighted by Crippen LogP contribution is -2.10. The number of aryl methyl sites for hydroxylation is 1. The van der Waals surface area contributed by atoms with Crippen LogP contribution in [0.15, 0.2) is 29.6 Å². The van der Waals surface area contributed by atoms with E-state index >= 15 is 0 Å². The van der Waals surface area contributed by atoms with Gasteiger partial charge < -0.3 is 14.0 Å². The van der Waals surface area contributed by atoms with E-state index in [1.807, 2.05) is 0 Å². The predicted octanol–water partition coefficient (Wildman–Crippen LogP) is 2.90. The van der Waals surface area contributed by atoms with Crippen molar-refractivity contribution < 1.29 is 20.9 Å². The van der Waals surface area contributed by atoms with Gasteiger partial charge in [0.25, 0.3) is 0 Å². The molecule has 2 heterocycles. The molecule has 0 fully saturated rings. The zero-order valence-corrected chi connectivity index (χ0v) is 13.9. The molecule has 3 rings (SSSR count). The number of benzene rings is 1. The summed E-state index contributed by atoms with van der Waals surface area (Å²) in [6, 6.07) is 4.56. The molecule has 24 heavy (non-hydrogen) atoms. The summed E-state index contributed by atoms with van der Waals surface area (Å²) in [5.41, 5.74) is 2.84. The molecule has 2 aromatic heterocycles. The quantitative estimate of drug-likeness (QED) is 0.715. The van der Waals surface area contributed by atoms with Crippen LogP contribution < -0.4 is 9.47 Å². The average Bonchev–Trinajstić information content (AvgIpc) is 3.03. The summed E-state index contributed by atoms with van der Waals surface area (Å²) >= 11 is -1.56. The van der Waals surface area contributed by atoms with Crippen molar-refractivity contribution in [3.63, 3.8) is 0 Å². The van der Waals surface area contributed by atoms with Crippen LogP contribution in [0.25, 0.3) is 11.0 Å². The third kappa shape index (κ3) is 3.05. The Morgan fingerprint density at radius 1 is 1.33 bits per heavy atom. The molecule has 0 radical (unpaired) electrons. The largest absolute Gasteiger partial charge is 0.609 e. The van der Waals surface area contributed by atoms with Gasteiger partial charge in [-0.25, -0.2) is 0 Å². The van der Waals surface area contributed by atoms with E-state index in [-0.39, 0.29) is 16.7 Å². The molecule has 3 aromatic rings. The van der Waals surface area contributed by atoms with Crippen LogP contribution in [0.1, 0.15) is 23.7 Å². The summed E-state index contributed by atoms with van der Waals surface area (Å²) in [5, 5.41) is 0.217. The zero-order valence-electron chi connectivity index (χ0n) is 18.1. The first-order valence-electron chi connectivity index (χ1n) is 9.72. The highest BCUT2D eigenvalue weighted by atomic mass is 32.2. The summed E-state index contributed by atoms with van der Waals surface area (Å²) in [5.74, 6) is 0.583. The fraction of sp³-hybridized carbons (Fsp3) is 0.294.